The largest absolute Gasteiger partial charge is 0.349 e. The van der Waals surface area contributed by atoms with Crippen LogP contribution in [0.15, 0.2) is 12.1 Å². The van der Waals surface area contributed by atoms with Crippen LogP contribution in [0.2, 0.25) is 0 Å². The van der Waals surface area contributed by atoms with E-state index in [4.69, 9.17) is 0 Å². The highest BCUT2D eigenvalue weighted by Crippen LogP contribution is 2.21. The van der Waals surface area contributed by atoms with Gasteiger partial charge in [-0.1, -0.05) is 20.8 Å². The fourth-order valence-corrected chi connectivity index (χ4v) is 2.67. The molecule has 7 heteroatoms. The number of hydrogen-bond acceptors (Lipinski definition) is 2. The number of carbonyl (C=O) groups is 2. The third kappa shape index (κ3) is 3.88. The van der Waals surface area contributed by atoms with Gasteiger partial charge in [0.05, 0.1) is 5.56 Å². The molecule has 1 fully saturated rings. The minimum absolute atomic E-state index is 0.0407. The van der Waals surface area contributed by atoms with Gasteiger partial charge in [0.1, 0.15) is 0 Å². The molecule has 1 aromatic rings. The lowest BCUT2D eigenvalue weighted by Crippen LogP contribution is -2.49. The number of amides is 2. The Balaban J connectivity index is 1.96. The molecule has 0 unspecified atom stereocenters. The molecule has 1 aliphatic rings. The molecule has 2 amide bonds. The molecule has 1 saturated heterocycles. The Morgan fingerprint density at radius 3 is 2.21 bits per heavy atom. The summed E-state index contributed by atoms with van der Waals surface area (Å²) in [7, 11) is 0. The lowest BCUT2D eigenvalue weighted by Gasteiger charge is -2.36. The average molecular weight is 342 g/mol. The van der Waals surface area contributed by atoms with Crippen molar-refractivity contribution < 1.29 is 22.8 Å². The van der Waals surface area contributed by atoms with Crippen molar-refractivity contribution in [2.75, 3.05) is 13.1 Å². The average Bonchev–Trinajstić information content (AvgIpc) is 2.52. The smallest absolute Gasteiger partial charge is 0.254 e. The molecule has 0 aliphatic carbocycles. The summed E-state index contributed by atoms with van der Waals surface area (Å²) in [4.78, 5) is 26.0. The van der Waals surface area contributed by atoms with Gasteiger partial charge in [-0.2, -0.15) is 0 Å². The van der Waals surface area contributed by atoms with Crippen LogP contribution in [0.4, 0.5) is 13.2 Å². The van der Waals surface area contributed by atoms with Crippen molar-refractivity contribution in [2.45, 2.75) is 39.7 Å². The van der Waals surface area contributed by atoms with Gasteiger partial charge in [-0.3, -0.25) is 9.59 Å². The van der Waals surface area contributed by atoms with Crippen LogP contribution in [0.5, 0.6) is 0 Å². The molecule has 1 aromatic carbocycles. The maximum atomic E-state index is 13.6. The van der Waals surface area contributed by atoms with Crippen LogP contribution >= 0.6 is 0 Å². The van der Waals surface area contributed by atoms with Crippen LogP contribution in [0, 0.1) is 22.9 Å². The zero-order valence-corrected chi connectivity index (χ0v) is 14.0. The maximum absolute atomic E-state index is 13.6. The first-order valence-electron chi connectivity index (χ1n) is 7.85. The van der Waals surface area contributed by atoms with Crippen LogP contribution in [-0.4, -0.2) is 35.8 Å². The van der Waals surface area contributed by atoms with Crippen LogP contribution in [0.3, 0.4) is 0 Å². The van der Waals surface area contributed by atoms with Crippen LogP contribution in [0.25, 0.3) is 0 Å². The Labute approximate surface area is 139 Å². The van der Waals surface area contributed by atoms with Gasteiger partial charge >= 0.3 is 0 Å². The van der Waals surface area contributed by atoms with Crippen molar-refractivity contribution >= 4 is 11.8 Å². The Kier molecular flexibility index (Phi) is 5.20. The third-order valence-electron chi connectivity index (χ3n) is 4.04. The van der Waals surface area contributed by atoms with Crippen molar-refractivity contribution in [1.29, 1.82) is 0 Å². The first kappa shape index (κ1) is 18.3. The number of benzene rings is 1. The van der Waals surface area contributed by atoms with E-state index in [1.54, 1.807) is 4.90 Å². The Morgan fingerprint density at radius 1 is 1.08 bits per heavy atom. The Bertz CT molecular complexity index is 648. The zero-order valence-electron chi connectivity index (χ0n) is 14.0. The Hall–Kier alpha value is -2.05. The maximum Gasteiger partial charge on any atom is 0.254 e. The van der Waals surface area contributed by atoms with E-state index in [-0.39, 0.29) is 11.9 Å². The van der Waals surface area contributed by atoms with Gasteiger partial charge in [0, 0.05) is 24.5 Å². The van der Waals surface area contributed by atoms with E-state index in [2.05, 4.69) is 5.32 Å². The molecular formula is C17H21F3N2O2. The van der Waals surface area contributed by atoms with Gasteiger partial charge < -0.3 is 10.2 Å². The van der Waals surface area contributed by atoms with E-state index in [1.165, 1.54) is 0 Å². The molecule has 0 aromatic heterocycles. The number of nitrogens with one attached hydrogen (secondary N) is 1. The quantitative estimate of drug-likeness (QED) is 0.840. The number of piperidine rings is 1. The molecule has 0 atom stereocenters. The fraction of sp³-hybridized carbons (Fsp3) is 0.529. The molecule has 1 aliphatic heterocycles. The van der Waals surface area contributed by atoms with Crippen molar-refractivity contribution in [3.8, 4) is 0 Å². The summed E-state index contributed by atoms with van der Waals surface area (Å²) in [5.74, 6) is -5.23. The van der Waals surface area contributed by atoms with Crippen LogP contribution in [-0.2, 0) is 4.79 Å². The normalized spacial score (nSPS) is 16.2. The molecule has 24 heavy (non-hydrogen) atoms. The van der Waals surface area contributed by atoms with Gasteiger partial charge in [-0.15, -0.1) is 0 Å². The standard InChI is InChI=1S/C17H21F3N2O2/c1-17(2,3)16(24)22-8-6-10(7-9-22)21-15(23)11-4-5-12(18)14(20)13(11)19/h4-5,10H,6-9H2,1-3H3,(H,21,23). The minimum Gasteiger partial charge on any atom is -0.349 e. The van der Waals surface area contributed by atoms with Gasteiger partial charge in [-0.05, 0) is 25.0 Å². The van der Waals surface area contributed by atoms with E-state index in [0.29, 0.717) is 25.9 Å². The summed E-state index contributed by atoms with van der Waals surface area (Å²) >= 11 is 0. The van der Waals surface area contributed by atoms with E-state index in [9.17, 15) is 22.8 Å². The van der Waals surface area contributed by atoms with Crippen LogP contribution in [0.1, 0.15) is 44.0 Å². The molecule has 2 rings (SSSR count). The molecular weight excluding hydrogens is 321 g/mol. The van der Waals surface area contributed by atoms with E-state index < -0.39 is 34.3 Å². The number of hydrogen-bond donors (Lipinski definition) is 1. The molecule has 1 N–H and O–H groups in total. The van der Waals surface area contributed by atoms with Gasteiger partial charge in [-0.25, -0.2) is 13.2 Å². The summed E-state index contributed by atoms with van der Waals surface area (Å²) in [5.41, 5.74) is -0.993. The van der Waals surface area contributed by atoms with Crippen molar-refractivity contribution in [2.24, 2.45) is 5.41 Å². The number of rotatable bonds is 2. The van der Waals surface area contributed by atoms with E-state index in [1.807, 2.05) is 20.8 Å². The van der Waals surface area contributed by atoms with Crippen molar-refractivity contribution in [1.82, 2.24) is 10.2 Å². The first-order valence-corrected chi connectivity index (χ1v) is 7.85. The van der Waals surface area contributed by atoms with Crippen molar-refractivity contribution in [3.63, 3.8) is 0 Å². The van der Waals surface area contributed by atoms with Gasteiger partial charge in [0.25, 0.3) is 5.91 Å². The zero-order chi connectivity index (χ0) is 18.1. The molecule has 0 saturated carbocycles. The van der Waals surface area contributed by atoms with Crippen LogP contribution < -0.4 is 5.32 Å². The highest BCUT2D eigenvalue weighted by molar-refractivity contribution is 5.94. The lowest BCUT2D eigenvalue weighted by molar-refractivity contribution is -0.140. The summed E-state index contributed by atoms with van der Waals surface area (Å²) in [6.07, 6.45) is 1.05. The minimum atomic E-state index is -1.66. The first-order chi connectivity index (χ1) is 11.1. The van der Waals surface area contributed by atoms with Gasteiger partial charge in [0.15, 0.2) is 17.5 Å². The fourth-order valence-electron chi connectivity index (χ4n) is 2.67. The highest BCUT2D eigenvalue weighted by atomic mass is 19.2. The number of halogens is 3. The molecule has 4 nitrogen and oxygen atoms in total. The molecule has 0 bridgehead atoms. The summed E-state index contributed by atoms with van der Waals surface area (Å²) < 4.78 is 39.8. The van der Waals surface area contributed by atoms with E-state index >= 15 is 0 Å². The highest BCUT2D eigenvalue weighted by Gasteiger charge is 2.31. The molecule has 0 spiro atoms. The second-order valence-electron chi connectivity index (χ2n) is 7.01. The lowest BCUT2D eigenvalue weighted by atomic mass is 9.93. The van der Waals surface area contributed by atoms with Gasteiger partial charge in [0.2, 0.25) is 5.91 Å². The molecule has 1 heterocycles. The summed E-state index contributed by atoms with van der Waals surface area (Å²) in [6, 6.07) is 1.40. The topological polar surface area (TPSA) is 49.4 Å². The summed E-state index contributed by atoms with van der Waals surface area (Å²) in [5, 5.41) is 2.61. The molecule has 0 radical (unpaired) electrons. The second kappa shape index (κ2) is 6.83. The van der Waals surface area contributed by atoms with Crippen molar-refractivity contribution in [3.05, 3.63) is 35.1 Å². The predicted octanol–water partition coefficient (Wildman–Crippen LogP) is 2.87. The SMILES string of the molecule is CC(C)(C)C(=O)N1CCC(NC(=O)c2ccc(F)c(F)c2F)CC1. The molecule has 132 valence electrons. The van der Waals surface area contributed by atoms with E-state index in [0.717, 1.165) is 12.1 Å². The number of likely N-dealkylation sites (tertiary alicyclic amines) is 1. The third-order valence-corrected chi connectivity index (χ3v) is 4.04. The second-order valence-corrected chi connectivity index (χ2v) is 7.01. The summed E-state index contributed by atoms with van der Waals surface area (Å²) in [6.45, 7) is 6.50. The predicted molar refractivity (Wildman–Crippen MR) is 82.8 cm³/mol. The Morgan fingerprint density at radius 2 is 1.67 bits per heavy atom. The number of nitrogens with zero attached hydrogens (tertiary/aromatic N) is 1. The monoisotopic (exact) mass is 342 g/mol. The number of carbonyl (C=O) groups excluding carboxylic acids is 2.